The molecule has 0 aromatic heterocycles. The summed E-state index contributed by atoms with van der Waals surface area (Å²) in [5, 5.41) is 10.8. The van der Waals surface area contributed by atoms with Gasteiger partial charge >= 0.3 is 0 Å². The van der Waals surface area contributed by atoms with Gasteiger partial charge in [0.15, 0.2) is 0 Å². The van der Waals surface area contributed by atoms with Crippen molar-refractivity contribution in [2.75, 3.05) is 36.0 Å². The van der Waals surface area contributed by atoms with Crippen molar-refractivity contribution < 1.29 is 0 Å². The quantitative estimate of drug-likeness (QED) is 0.275. The topological polar surface area (TPSA) is 6.48 Å². The van der Waals surface area contributed by atoms with Crippen LogP contribution in [0, 0.1) is 0 Å². The predicted molar refractivity (Wildman–Crippen MR) is 139 cm³/mol. The predicted octanol–water partition coefficient (Wildman–Crippen LogP) is 7.50. The molecule has 0 saturated carbocycles. The van der Waals surface area contributed by atoms with Gasteiger partial charge in [-0.1, -0.05) is 48.5 Å². The highest BCUT2D eigenvalue weighted by molar-refractivity contribution is 6.22. The van der Waals surface area contributed by atoms with Crippen LogP contribution in [0.25, 0.3) is 43.1 Å². The first-order valence-corrected chi connectivity index (χ1v) is 12.2. The number of rotatable bonds is 2. The van der Waals surface area contributed by atoms with Crippen molar-refractivity contribution >= 4 is 54.5 Å². The van der Waals surface area contributed by atoms with E-state index in [1.165, 1.54) is 106 Å². The van der Waals surface area contributed by atoms with Crippen molar-refractivity contribution in [3.8, 4) is 0 Å². The van der Waals surface area contributed by atoms with E-state index < -0.39 is 0 Å². The summed E-state index contributed by atoms with van der Waals surface area (Å²) < 4.78 is 0. The smallest absolute Gasteiger partial charge is 0.0372 e. The van der Waals surface area contributed by atoms with E-state index in [2.05, 4.69) is 82.6 Å². The second-order valence-corrected chi connectivity index (χ2v) is 9.59. The zero-order valence-corrected chi connectivity index (χ0v) is 18.5. The number of anilines is 2. The molecule has 2 saturated heterocycles. The molecule has 2 nitrogen and oxygen atoms in total. The molecule has 0 amide bonds. The summed E-state index contributed by atoms with van der Waals surface area (Å²) in [5.41, 5.74) is 2.74. The zero-order valence-electron chi connectivity index (χ0n) is 18.5. The zero-order chi connectivity index (χ0) is 21.1. The molecule has 2 heterocycles. The van der Waals surface area contributed by atoms with Crippen molar-refractivity contribution in [2.24, 2.45) is 0 Å². The van der Waals surface area contributed by atoms with Crippen LogP contribution >= 0.6 is 0 Å². The van der Waals surface area contributed by atoms with Gasteiger partial charge in [-0.05, 0) is 93.0 Å². The van der Waals surface area contributed by atoms with E-state index >= 15 is 0 Å². The van der Waals surface area contributed by atoms with Gasteiger partial charge in [0.05, 0.1) is 0 Å². The van der Waals surface area contributed by atoms with E-state index in [-0.39, 0.29) is 0 Å². The maximum absolute atomic E-state index is 2.52. The number of benzene rings is 5. The van der Waals surface area contributed by atoms with Crippen LogP contribution < -0.4 is 9.80 Å². The monoisotopic (exact) mass is 416 g/mol. The molecule has 2 aliphatic heterocycles. The Kier molecular flexibility index (Phi) is 4.08. The average Bonchev–Trinajstić information content (AvgIpc) is 3.57. The van der Waals surface area contributed by atoms with Crippen LogP contribution in [0.4, 0.5) is 11.4 Å². The molecule has 0 atom stereocenters. The van der Waals surface area contributed by atoms with E-state index in [0.717, 1.165) is 0 Å². The molecule has 0 bridgehead atoms. The van der Waals surface area contributed by atoms with Crippen LogP contribution in [0.2, 0.25) is 0 Å². The van der Waals surface area contributed by atoms with E-state index in [1.807, 2.05) is 0 Å². The molecule has 0 spiro atoms. The highest BCUT2D eigenvalue weighted by Gasteiger charge is 2.15. The van der Waals surface area contributed by atoms with Crippen LogP contribution in [0.5, 0.6) is 0 Å². The Labute approximate surface area is 189 Å². The second kappa shape index (κ2) is 7.13. The molecule has 0 radical (unpaired) electrons. The Bertz CT molecular complexity index is 1370. The Morgan fingerprint density at radius 3 is 1.16 bits per heavy atom. The Hall–Kier alpha value is -3.26. The fraction of sp³-hybridized carbons (Fsp3) is 0.267. The molecule has 32 heavy (non-hydrogen) atoms. The van der Waals surface area contributed by atoms with Crippen molar-refractivity contribution in [2.45, 2.75) is 25.7 Å². The minimum atomic E-state index is 1.19. The molecule has 0 N–H and O–H groups in total. The summed E-state index contributed by atoms with van der Waals surface area (Å²) in [5.74, 6) is 0. The summed E-state index contributed by atoms with van der Waals surface area (Å²) in [6, 6.07) is 28.0. The van der Waals surface area contributed by atoms with Crippen molar-refractivity contribution in [3.63, 3.8) is 0 Å². The van der Waals surface area contributed by atoms with Crippen LogP contribution in [-0.4, -0.2) is 26.2 Å². The Balaban J connectivity index is 1.39. The molecular weight excluding hydrogens is 388 g/mol. The number of nitrogens with zero attached hydrogens (tertiary/aromatic N) is 2. The Morgan fingerprint density at radius 2 is 0.719 bits per heavy atom. The van der Waals surface area contributed by atoms with Gasteiger partial charge in [0.2, 0.25) is 0 Å². The van der Waals surface area contributed by atoms with Gasteiger partial charge in [-0.25, -0.2) is 0 Å². The molecule has 0 aliphatic carbocycles. The minimum absolute atomic E-state index is 1.19. The number of hydrogen-bond donors (Lipinski definition) is 0. The summed E-state index contributed by atoms with van der Waals surface area (Å²) in [6.07, 6.45) is 5.26. The van der Waals surface area contributed by atoms with Gasteiger partial charge in [0.1, 0.15) is 0 Å². The standard InChI is InChI=1S/C30H28N2/c1-2-16-31(15-1)23-7-11-25-21(19-23)5-9-29-27(25)13-14-28-26-12-8-24(32-17-3-4-18-32)20-22(26)6-10-30(28)29/h5-14,19-20H,1-4,15-18H2. The molecule has 7 rings (SSSR count). The lowest BCUT2D eigenvalue weighted by Crippen LogP contribution is -2.17. The van der Waals surface area contributed by atoms with Gasteiger partial charge in [-0.2, -0.15) is 0 Å². The van der Waals surface area contributed by atoms with Crippen LogP contribution in [-0.2, 0) is 0 Å². The highest BCUT2D eigenvalue weighted by Crippen LogP contribution is 2.37. The number of fused-ring (bicyclic) bond motifs is 7. The van der Waals surface area contributed by atoms with Crippen molar-refractivity contribution in [1.29, 1.82) is 0 Å². The molecule has 2 fully saturated rings. The van der Waals surface area contributed by atoms with Crippen molar-refractivity contribution in [1.82, 2.24) is 0 Å². The first-order chi connectivity index (χ1) is 15.8. The van der Waals surface area contributed by atoms with Gasteiger partial charge in [-0.3, -0.25) is 0 Å². The average molecular weight is 417 g/mol. The SMILES string of the molecule is c1cc2c(ccc3c2ccc2c4ccc(N5CCCC5)cc4ccc23)cc1N1CCCC1. The van der Waals surface area contributed by atoms with E-state index in [0.29, 0.717) is 0 Å². The molecule has 5 aromatic rings. The van der Waals surface area contributed by atoms with Gasteiger partial charge < -0.3 is 9.80 Å². The fourth-order valence-corrected chi connectivity index (χ4v) is 6.02. The van der Waals surface area contributed by atoms with Gasteiger partial charge in [0, 0.05) is 37.6 Å². The number of hydrogen-bond acceptors (Lipinski definition) is 2. The third-order valence-electron chi connectivity index (χ3n) is 7.74. The lowest BCUT2D eigenvalue weighted by atomic mass is 9.94. The summed E-state index contributed by atoms with van der Waals surface area (Å²) in [7, 11) is 0. The third kappa shape index (κ3) is 2.79. The lowest BCUT2D eigenvalue weighted by molar-refractivity contribution is 0.949. The summed E-state index contributed by atoms with van der Waals surface area (Å²) in [4.78, 5) is 5.04. The fourth-order valence-electron chi connectivity index (χ4n) is 6.02. The second-order valence-electron chi connectivity index (χ2n) is 9.59. The van der Waals surface area contributed by atoms with E-state index in [4.69, 9.17) is 0 Å². The third-order valence-corrected chi connectivity index (χ3v) is 7.74. The van der Waals surface area contributed by atoms with Crippen LogP contribution in [0.3, 0.4) is 0 Å². The van der Waals surface area contributed by atoms with Gasteiger partial charge in [0.25, 0.3) is 0 Å². The molecule has 2 aliphatic rings. The molecule has 158 valence electrons. The van der Waals surface area contributed by atoms with E-state index in [9.17, 15) is 0 Å². The maximum Gasteiger partial charge on any atom is 0.0372 e. The summed E-state index contributed by atoms with van der Waals surface area (Å²) >= 11 is 0. The highest BCUT2D eigenvalue weighted by atomic mass is 15.1. The van der Waals surface area contributed by atoms with Crippen molar-refractivity contribution in [3.05, 3.63) is 72.8 Å². The largest absolute Gasteiger partial charge is 0.372 e. The minimum Gasteiger partial charge on any atom is -0.372 e. The first-order valence-electron chi connectivity index (χ1n) is 12.2. The normalized spacial score (nSPS) is 16.9. The van der Waals surface area contributed by atoms with Gasteiger partial charge in [-0.15, -0.1) is 0 Å². The maximum atomic E-state index is 2.52. The molecular formula is C30H28N2. The molecule has 0 unspecified atom stereocenters. The summed E-state index contributed by atoms with van der Waals surface area (Å²) in [6.45, 7) is 4.76. The first kappa shape index (κ1) is 18.3. The van der Waals surface area contributed by atoms with Crippen LogP contribution in [0.15, 0.2) is 72.8 Å². The Morgan fingerprint density at radius 1 is 0.375 bits per heavy atom. The molecule has 2 heteroatoms. The molecule has 5 aromatic carbocycles. The van der Waals surface area contributed by atoms with E-state index in [1.54, 1.807) is 0 Å². The lowest BCUT2D eigenvalue weighted by Gasteiger charge is -2.19. The van der Waals surface area contributed by atoms with Crippen LogP contribution in [0.1, 0.15) is 25.7 Å².